The van der Waals surface area contributed by atoms with Crippen molar-refractivity contribution in [2.24, 2.45) is 0 Å². The van der Waals surface area contributed by atoms with Crippen LogP contribution in [0.5, 0.6) is 0 Å². The summed E-state index contributed by atoms with van der Waals surface area (Å²) >= 11 is 6.06. The van der Waals surface area contributed by atoms with E-state index in [1.165, 1.54) is 6.33 Å². The number of hydrogen-bond donors (Lipinski definition) is 1. The van der Waals surface area contributed by atoms with Crippen molar-refractivity contribution in [3.05, 3.63) is 29.4 Å². The van der Waals surface area contributed by atoms with Crippen LogP contribution in [0.25, 0.3) is 0 Å². The standard InChI is InChI=1S/C13H18ClN7/c1-15-10-11(14)18-8-19-12(10)21(4)7-9-5-16-13(17-6-9)20(2)3/h5-6,8,15H,7H2,1-4H3. The first kappa shape index (κ1) is 15.2. The molecular formula is C13H18ClN7. The van der Waals surface area contributed by atoms with Crippen molar-refractivity contribution >= 4 is 29.1 Å². The van der Waals surface area contributed by atoms with Crippen LogP contribution in [0.15, 0.2) is 18.7 Å². The van der Waals surface area contributed by atoms with Crippen LogP contribution in [0.3, 0.4) is 0 Å². The van der Waals surface area contributed by atoms with Gasteiger partial charge in [-0.3, -0.25) is 0 Å². The van der Waals surface area contributed by atoms with Gasteiger partial charge in [-0.05, 0) is 0 Å². The summed E-state index contributed by atoms with van der Waals surface area (Å²) in [5.74, 6) is 1.41. The highest BCUT2D eigenvalue weighted by atomic mass is 35.5. The fourth-order valence-electron chi connectivity index (χ4n) is 1.87. The number of aromatic nitrogens is 4. The van der Waals surface area contributed by atoms with Gasteiger partial charge in [-0.2, -0.15) is 0 Å². The van der Waals surface area contributed by atoms with Gasteiger partial charge in [-0.1, -0.05) is 11.6 Å². The molecular weight excluding hydrogens is 290 g/mol. The van der Waals surface area contributed by atoms with Crippen LogP contribution in [0, 0.1) is 0 Å². The van der Waals surface area contributed by atoms with E-state index in [2.05, 4.69) is 25.3 Å². The summed E-state index contributed by atoms with van der Waals surface area (Å²) < 4.78 is 0. The first-order valence-corrected chi connectivity index (χ1v) is 6.78. The minimum absolute atomic E-state index is 0.397. The molecule has 7 nitrogen and oxygen atoms in total. The second kappa shape index (κ2) is 6.53. The first-order valence-electron chi connectivity index (χ1n) is 6.40. The molecule has 0 aliphatic carbocycles. The largest absolute Gasteiger partial charge is 0.383 e. The van der Waals surface area contributed by atoms with Crippen LogP contribution in [0.1, 0.15) is 5.56 Å². The maximum Gasteiger partial charge on any atom is 0.224 e. The Kier molecular flexibility index (Phi) is 4.74. The lowest BCUT2D eigenvalue weighted by atomic mass is 10.3. The van der Waals surface area contributed by atoms with Crippen LogP contribution < -0.4 is 15.1 Å². The molecule has 8 heteroatoms. The second-order valence-electron chi connectivity index (χ2n) is 4.75. The van der Waals surface area contributed by atoms with Crippen molar-refractivity contribution in [3.8, 4) is 0 Å². The van der Waals surface area contributed by atoms with Crippen LogP contribution in [0.4, 0.5) is 17.5 Å². The predicted molar refractivity (Wildman–Crippen MR) is 85.1 cm³/mol. The Bertz CT molecular complexity index is 600. The van der Waals surface area contributed by atoms with E-state index < -0.39 is 0 Å². The summed E-state index contributed by atoms with van der Waals surface area (Å²) in [7, 11) is 7.53. The lowest BCUT2D eigenvalue weighted by Crippen LogP contribution is -2.20. The Morgan fingerprint density at radius 2 is 1.76 bits per heavy atom. The molecule has 0 amide bonds. The molecule has 2 aromatic rings. The van der Waals surface area contributed by atoms with E-state index >= 15 is 0 Å². The Morgan fingerprint density at radius 3 is 2.33 bits per heavy atom. The summed E-state index contributed by atoms with van der Waals surface area (Å²) in [6.07, 6.45) is 5.06. The van der Waals surface area contributed by atoms with E-state index in [4.69, 9.17) is 11.6 Å². The SMILES string of the molecule is CNc1c(Cl)ncnc1N(C)Cc1cnc(N(C)C)nc1. The van der Waals surface area contributed by atoms with Gasteiger partial charge < -0.3 is 15.1 Å². The summed E-state index contributed by atoms with van der Waals surface area (Å²) in [4.78, 5) is 20.7. The van der Waals surface area contributed by atoms with Crippen molar-refractivity contribution in [1.82, 2.24) is 19.9 Å². The number of halogens is 1. The van der Waals surface area contributed by atoms with Crippen LogP contribution in [-0.4, -0.2) is 48.1 Å². The van der Waals surface area contributed by atoms with Crippen LogP contribution in [-0.2, 0) is 6.54 Å². The Balaban J connectivity index is 2.18. The van der Waals surface area contributed by atoms with E-state index in [-0.39, 0.29) is 0 Å². The molecule has 21 heavy (non-hydrogen) atoms. The molecule has 0 saturated carbocycles. The highest BCUT2D eigenvalue weighted by Gasteiger charge is 2.13. The smallest absolute Gasteiger partial charge is 0.224 e. The molecule has 2 rings (SSSR count). The molecule has 0 saturated heterocycles. The quantitative estimate of drug-likeness (QED) is 0.842. The van der Waals surface area contributed by atoms with E-state index in [0.717, 1.165) is 11.4 Å². The molecule has 0 atom stereocenters. The second-order valence-corrected chi connectivity index (χ2v) is 5.11. The third kappa shape index (κ3) is 3.49. The van der Waals surface area contributed by atoms with E-state index in [1.54, 1.807) is 19.4 Å². The van der Waals surface area contributed by atoms with Gasteiger partial charge >= 0.3 is 0 Å². The number of rotatable bonds is 5. The van der Waals surface area contributed by atoms with Crippen molar-refractivity contribution in [1.29, 1.82) is 0 Å². The third-order valence-electron chi connectivity index (χ3n) is 2.90. The average Bonchev–Trinajstić information content (AvgIpc) is 2.47. The van der Waals surface area contributed by atoms with Gasteiger partial charge in [0.2, 0.25) is 5.95 Å². The van der Waals surface area contributed by atoms with Gasteiger partial charge in [0.1, 0.15) is 12.0 Å². The summed E-state index contributed by atoms with van der Waals surface area (Å²) in [5, 5.41) is 3.41. The Labute approximate surface area is 129 Å². The summed E-state index contributed by atoms with van der Waals surface area (Å²) in [6, 6.07) is 0. The van der Waals surface area contributed by atoms with Crippen molar-refractivity contribution in [2.45, 2.75) is 6.54 Å². The minimum atomic E-state index is 0.397. The van der Waals surface area contributed by atoms with Gasteiger partial charge in [0.25, 0.3) is 0 Å². The topological polar surface area (TPSA) is 70.1 Å². The molecule has 2 heterocycles. The van der Waals surface area contributed by atoms with Crippen molar-refractivity contribution in [3.63, 3.8) is 0 Å². The average molecular weight is 308 g/mol. The van der Waals surface area contributed by atoms with Gasteiger partial charge in [0.05, 0.1) is 0 Å². The molecule has 2 aromatic heterocycles. The molecule has 0 spiro atoms. The zero-order chi connectivity index (χ0) is 15.4. The minimum Gasteiger partial charge on any atom is -0.383 e. The molecule has 0 aliphatic rings. The fourth-order valence-corrected chi connectivity index (χ4v) is 2.09. The van der Waals surface area contributed by atoms with Crippen molar-refractivity contribution in [2.75, 3.05) is 43.3 Å². The summed E-state index contributed by atoms with van der Waals surface area (Å²) in [6.45, 7) is 0.621. The zero-order valence-electron chi connectivity index (χ0n) is 12.5. The molecule has 0 aromatic carbocycles. The third-order valence-corrected chi connectivity index (χ3v) is 3.19. The van der Waals surface area contributed by atoms with Gasteiger partial charge in [0.15, 0.2) is 11.0 Å². The zero-order valence-corrected chi connectivity index (χ0v) is 13.3. The molecule has 0 bridgehead atoms. The maximum absolute atomic E-state index is 6.06. The lowest BCUT2D eigenvalue weighted by Gasteiger charge is -2.21. The van der Waals surface area contributed by atoms with E-state index in [9.17, 15) is 0 Å². The first-order chi connectivity index (χ1) is 10.0. The maximum atomic E-state index is 6.06. The highest BCUT2D eigenvalue weighted by molar-refractivity contribution is 6.32. The molecule has 112 valence electrons. The van der Waals surface area contributed by atoms with Crippen LogP contribution >= 0.6 is 11.6 Å². The van der Waals surface area contributed by atoms with Gasteiger partial charge in [-0.15, -0.1) is 0 Å². The summed E-state index contributed by atoms with van der Waals surface area (Å²) in [5.41, 5.74) is 1.69. The lowest BCUT2D eigenvalue weighted by molar-refractivity contribution is 0.871. The molecule has 0 fully saturated rings. The number of anilines is 3. The van der Waals surface area contributed by atoms with E-state index in [0.29, 0.717) is 23.3 Å². The molecule has 0 radical (unpaired) electrons. The number of nitrogens with one attached hydrogen (secondary N) is 1. The molecule has 1 N–H and O–H groups in total. The monoisotopic (exact) mass is 307 g/mol. The normalized spacial score (nSPS) is 10.3. The van der Waals surface area contributed by atoms with E-state index in [1.807, 2.05) is 30.9 Å². The van der Waals surface area contributed by atoms with Crippen molar-refractivity contribution < 1.29 is 0 Å². The predicted octanol–water partition coefficient (Wildman–Crippen LogP) is 1.66. The molecule has 0 unspecified atom stereocenters. The Morgan fingerprint density at radius 1 is 1.10 bits per heavy atom. The fraction of sp³-hybridized carbons (Fsp3) is 0.385. The number of hydrogen-bond acceptors (Lipinski definition) is 7. The van der Waals surface area contributed by atoms with Gasteiger partial charge in [-0.25, -0.2) is 19.9 Å². The highest BCUT2D eigenvalue weighted by Crippen LogP contribution is 2.28. The molecule has 0 aliphatic heterocycles. The van der Waals surface area contributed by atoms with Crippen LogP contribution in [0.2, 0.25) is 5.15 Å². The number of nitrogens with zero attached hydrogens (tertiary/aromatic N) is 6. The van der Waals surface area contributed by atoms with Gasteiger partial charge in [0, 0.05) is 52.7 Å². The Hall–Kier alpha value is -2.15.